The third-order valence-electron chi connectivity index (χ3n) is 5.42. The SMILES string of the molecule is COc1cc(C=C(Cc2ccccc2)C(=O)O)cc(OC)c1O[C@H]1O[C@H](CO)[C@@H](O)[C@H](O)[C@@H]1O. The smallest absolute Gasteiger partial charge is 0.331 e. The predicted molar refractivity (Wildman–Crippen MR) is 120 cm³/mol. The van der Waals surface area contributed by atoms with Crippen molar-refractivity contribution in [2.24, 2.45) is 0 Å². The molecule has 0 spiro atoms. The third-order valence-corrected chi connectivity index (χ3v) is 5.42. The summed E-state index contributed by atoms with van der Waals surface area (Å²) in [4.78, 5) is 11.8. The topological polar surface area (TPSA) is 155 Å². The molecule has 0 amide bonds. The Morgan fingerprint density at radius 2 is 1.62 bits per heavy atom. The Hall–Kier alpha value is -3.15. The molecule has 1 fully saturated rings. The number of hydrogen-bond donors (Lipinski definition) is 5. The molecule has 0 unspecified atom stereocenters. The molecule has 10 nitrogen and oxygen atoms in total. The van der Waals surface area contributed by atoms with E-state index >= 15 is 0 Å². The lowest BCUT2D eigenvalue weighted by molar-refractivity contribution is -0.277. The molecule has 34 heavy (non-hydrogen) atoms. The molecule has 5 atom stereocenters. The van der Waals surface area contributed by atoms with Crippen LogP contribution in [0.2, 0.25) is 0 Å². The molecule has 0 radical (unpaired) electrons. The van der Waals surface area contributed by atoms with E-state index in [0.717, 1.165) is 5.56 Å². The number of methoxy groups -OCH3 is 2. The van der Waals surface area contributed by atoms with Gasteiger partial charge < -0.3 is 44.5 Å². The van der Waals surface area contributed by atoms with Crippen molar-refractivity contribution in [1.82, 2.24) is 0 Å². The van der Waals surface area contributed by atoms with Gasteiger partial charge in [-0.25, -0.2) is 4.79 Å². The largest absolute Gasteiger partial charge is 0.493 e. The molecule has 2 aromatic carbocycles. The summed E-state index contributed by atoms with van der Waals surface area (Å²) in [5.41, 5.74) is 1.43. The lowest BCUT2D eigenvalue weighted by Crippen LogP contribution is -2.60. The zero-order valence-electron chi connectivity index (χ0n) is 18.7. The standard InChI is InChI=1S/C24H28O10/c1-31-16-10-14(9-15(23(29)30)8-13-6-4-3-5-7-13)11-17(32-2)22(16)34-24-21(28)20(27)19(26)18(12-25)33-24/h3-7,9-11,18-21,24-28H,8,12H2,1-2H3,(H,29,30)/t18-,19-,20+,21+,24-/m1/s1. The summed E-state index contributed by atoms with van der Waals surface area (Å²) >= 11 is 0. The average Bonchev–Trinajstić information content (AvgIpc) is 2.84. The Bertz CT molecular complexity index is 979. The molecule has 5 N–H and O–H groups in total. The summed E-state index contributed by atoms with van der Waals surface area (Å²) in [6, 6.07) is 12.2. The van der Waals surface area contributed by atoms with Crippen LogP contribution in [0, 0.1) is 0 Å². The van der Waals surface area contributed by atoms with Crippen LogP contribution in [0.1, 0.15) is 11.1 Å². The minimum Gasteiger partial charge on any atom is -0.493 e. The van der Waals surface area contributed by atoms with Crippen molar-refractivity contribution in [3.63, 3.8) is 0 Å². The van der Waals surface area contributed by atoms with E-state index in [1.807, 2.05) is 30.3 Å². The molecule has 1 saturated heterocycles. The van der Waals surface area contributed by atoms with Crippen molar-refractivity contribution in [3.8, 4) is 17.2 Å². The summed E-state index contributed by atoms with van der Waals surface area (Å²) < 4.78 is 21.9. The van der Waals surface area contributed by atoms with Gasteiger partial charge in [-0.2, -0.15) is 0 Å². The van der Waals surface area contributed by atoms with E-state index < -0.39 is 43.3 Å². The first-order valence-corrected chi connectivity index (χ1v) is 10.5. The zero-order chi connectivity index (χ0) is 24.8. The van der Waals surface area contributed by atoms with Gasteiger partial charge >= 0.3 is 5.97 Å². The van der Waals surface area contributed by atoms with Gasteiger partial charge in [0.15, 0.2) is 11.5 Å². The van der Waals surface area contributed by atoms with Crippen LogP contribution in [0.25, 0.3) is 6.08 Å². The number of aliphatic hydroxyl groups is 4. The van der Waals surface area contributed by atoms with Gasteiger partial charge in [-0.3, -0.25) is 0 Å². The molecule has 1 aliphatic heterocycles. The maximum absolute atomic E-state index is 11.8. The Kier molecular flexibility index (Phi) is 8.48. The van der Waals surface area contributed by atoms with E-state index in [-0.39, 0.29) is 29.2 Å². The van der Waals surface area contributed by atoms with Crippen LogP contribution < -0.4 is 14.2 Å². The molecule has 0 bridgehead atoms. The van der Waals surface area contributed by atoms with Crippen LogP contribution in [0.5, 0.6) is 17.2 Å². The maximum Gasteiger partial charge on any atom is 0.331 e. The zero-order valence-corrected chi connectivity index (χ0v) is 18.7. The highest BCUT2D eigenvalue weighted by Crippen LogP contribution is 2.41. The van der Waals surface area contributed by atoms with Gasteiger partial charge in [-0.05, 0) is 29.3 Å². The lowest BCUT2D eigenvalue weighted by atomic mass is 9.99. The molecular weight excluding hydrogens is 448 g/mol. The molecule has 10 heteroatoms. The average molecular weight is 476 g/mol. The number of hydrogen-bond acceptors (Lipinski definition) is 9. The molecule has 1 heterocycles. The molecule has 0 saturated carbocycles. The highest BCUT2D eigenvalue weighted by atomic mass is 16.7. The van der Waals surface area contributed by atoms with Gasteiger partial charge in [0.2, 0.25) is 12.0 Å². The summed E-state index contributed by atoms with van der Waals surface area (Å²) in [5.74, 6) is -0.770. The summed E-state index contributed by atoms with van der Waals surface area (Å²) in [7, 11) is 2.73. The molecule has 184 valence electrons. The molecular formula is C24H28O10. The number of carboxylic acids is 1. The first-order valence-electron chi connectivity index (χ1n) is 10.5. The summed E-state index contributed by atoms with van der Waals surface area (Å²) in [6.45, 7) is -0.609. The van der Waals surface area contributed by atoms with Gasteiger partial charge in [0.25, 0.3) is 0 Å². The maximum atomic E-state index is 11.8. The van der Waals surface area contributed by atoms with Gasteiger partial charge in [0.1, 0.15) is 24.4 Å². The Morgan fingerprint density at radius 1 is 1.00 bits per heavy atom. The van der Waals surface area contributed by atoms with E-state index in [1.54, 1.807) is 0 Å². The Labute approximate surface area is 196 Å². The van der Waals surface area contributed by atoms with Crippen molar-refractivity contribution < 1.29 is 49.3 Å². The van der Waals surface area contributed by atoms with Gasteiger partial charge in [0.05, 0.1) is 20.8 Å². The van der Waals surface area contributed by atoms with Crippen LogP contribution >= 0.6 is 0 Å². The van der Waals surface area contributed by atoms with E-state index in [1.165, 1.54) is 32.4 Å². The number of carboxylic acid groups (broad SMARTS) is 1. The monoisotopic (exact) mass is 476 g/mol. The normalized spacial score (nSPS) is 25.0. The van der Waals surface area contributed by atoms with Crippen molar-refractivity contribution in [1.29, 1.82) is 0 Å². The van der Waals surface area contributed by atoms with Crippen molar-refractivity contribution in [2.75, 3.05) is 20.8 Å². The van der Waals surface area contributed by atoms with Crippen molar-refractivity contribution in [3.05, 3.63) is 59.2 Å². The Morgan fingerprint density at radius 3 is 2.15 bits per heavy atom. The second kappa shape index (κ2) is 11.3. The van der Waals surface area contributed by atoms with Crippen LogP contribution in [-0.4, -0.2) is 83.0 Å². The second-order valence-electron chi connectivity index (χ2n) is 7.71. The van der Waals surface area contributed by atoms with E-state index in [2.05, 4.69) is 0 Å². The minimum atomic E-state index is -1.63. The number of aliphatic hydroxyl groups excluding tert-OH is 4. The van der Waals surface area contributed by atoms with E-state index in [9.17, 15) is 30.3 Å². The lowest BCUT2D eigenvalue weighted by Gasteiger charge is -2.39. The molecule has 2 aromatic rings. The molecule has 0 aliphatic carbocycles. The van der Waals surface area contributed by atoms with Crippen LogP contribution in [0.4, 0.5) is 0 Å². The van der Waals surface area contributed by atoms with Gasteiger partial charge in [-0.1, -0.05) is 30.3 Å². The first kappa shape index (κ1) is 25.5. The number of rotatable bonds is 9. The minimum absolute atomic E-state index is 0.0198. The quantitative estimate of drug-likeness (QED) is 0.325. The first-order chi connectivity index (χ1) is 16.3. The van der Waals surface area contributed by atoms with E-state index in [4.69, 9.17) is 18.9 Å². The fourth-order valence-corrected chi connectivity index (χ4v) is 3.59. The number of carbonyl (C=O) groups is 1. The number of aliphatic carboxylic acids is 1. The summed E-state index contributed by atoms with van der Waals surface area (Å²) in [5, 5.41) is 49.3. The fraction of sp³-hybridized carbons (Fsp3) is 0.375. The van der Waals surface area contributed by atoms with E-state index in [0.29, 0.717) is 5.56 Å². The van der Waals surface area contributed by atoms with Crippen LogP contribution in [0.3, 0.4) is 0 Å². The fourth-order valence-electron chi connectivity index (χ4n) is 3.59. The molecule has 1 aliphatic rings. The van der Waals surface area contributed by atoms with Crippen LogP contribution in [0.15, 0.2) is 48.0 Å². The second-order valence-corrected chi connectivity index (χ2v) is 7.71. The Balaban J connectivity index is 1.94. The molecule has 0 aromatic heterocycles. The molecule has 3 rings (SSSR count). The highest BCUT2D eigenvalue weighted by Gasteiger charge is 2.45. The number of ether oxygens (including phenoxy) is 4. The van der Waals surface area contributed by atoms with Gasteiger partial charge in [0, 0.05) is 12.0 Å². The van der Waals surface area contributed by atoms with Crippen LogP contribution in [-0.2, 0) is 16.0 Å². The van der Waals surface area contributed by atoms with Crippen molar-refractivity contribution >= 4 is 12.0 Å². The summed E-state index contributed by atoms with van der Waals surface area (Å²) in [6.07, 6.45) is -5.70. The van der Waals surface area contributed by atoms with Gasteiger partial charge in [-0.15, -0.1) is 0 Å². The number of benzene rings is 2. The third kappa shape index (κ3) is 5.66. The highest BCUT2D eigenvalue weighted by molar-refractivity contribution is 5.93. The van der Waals surface area contributed by atoms with Crippen molar-refractivity contribution in [2.45, 2.75) is 37.1 Å². The predicted octanol–water partition coefficient (Wildman–Crippen LogP) is 0.593.